The Bertz CT molecular complexity index is 1320. The Hall–Kier alpha value is -3.55. The number of carbonyl (C=O) groups is 3. The highest BCUT2D eigenvalue weighted by molar-refractivity contribution is 8.18. The molecule has 3 aromatic carbocycles. The number of rotatable bonds is 7. The molecule has 4 rings (SSSR count). The number of amides is 3. The average Bonchev–Trinajstić information content (AvgIpc) is 3.08. The van der Waals surface area contributed by atoms with Gasteiger partial charge in [0.15, 0.2) is 6.61 Å². The predicted octanol–water partition coefficient (Wildman–Crippen LogP) is 6.21. The molecule has 0 radical (unpaired) electrons. The first-order valence-electron chi connectivity index (χ1n) is 10.9. The highest BCUT2D eigenvalue weighted by Crippen LogP contribution is 2.33. The summed E-state index contributed by atoms with van der Waals surface area (Å²) in [6.07, 6.45) is 1.67. The van der Waals surface area contributed by atoms with Gasteiger partial charge in [0, 0.05) is 10.7 Å². The van der Waals surface area contributed by atoms with Crippen molar-refractivity contribution in [1.82, 2.24) is 4.90 Å². The number of imide groups is 1. The summed E-state index contributed by atoms with van der Waals surface area (Å²) in [7, 11) is 0. The van der Waals surface area contributed by atoms with Crippen LogP contribution >= 0.6 is 23.4 Å². The Labute approximate surface area is 212 Å². The van der Waals surface area contributed by atoms with Gasteiger partial charge in [-0.05, 0) is 90.3 Å². The van der Waals surface area contributed by atoms with Crippen LogP contribution in [0.5, 0.6) is 5.75 Å². The van der Waals surface area contributed by atoms with Crippen LogP contribution < -0.4 is 10.1 Å². The summed E-state index contributed by atoms with van der Waals surface area (Å²) in [5, 5.41) is 3.04. The Kier molecular flexibility index (Phi) is 7.58. The third-order valence-corrected chi connectivity index (χ3v) is 6.58. The minimum absolute atomic E-state index is 0.130. The Balaban J connectivity index is 1.34. The van der Waals surface area contributed by atoms with Crippen LogP contribution in [-0.2, 0) is 16.1 Å². The fraction of sp³-hybridized carbons (Fsp3) is 0.148. The Morgan fingerprint density at radius 3 is 2.51 bits per heavy atom. The van der Waals surface area contributed by atoms with E-state index in [2.05, 4.69) is 5.32 Å². The molecule has 3 amide bonds. The quantitative estimate of drug-likeness (QED) is 0.385. The van der Waals surface area contributed by atoms with E-state index in [1.165, 1.54) is 4.90 Å². The Morgan fingerprint density at radius 2 is 1.80 bits per heavy atom. The molecule has 35 heavy (non-hydrogen) atoms. The van der Waals surface area contributed by atoms with E-state index in [0.717, 1.165) is 39.7 Å². The first-order valence-corrected chi connectivity index (χ1v) is 12.1. The number of benzene rings is 3. The van der Waals surface area contributed by atoms with E-state index in [9.17, 15) is 14.4 Å². The zero-order valence-electron chi connectivity index (χ0n) is 19.2. The van der Waals surface area contributed by atoms with Crippen molar-refractivity contribution in [3.8, 4) is 5.75 Å². The number of hydrogen-bond acceptors (Lipinski definition) is 5. The van der Waals surface area contributed by atoms with Crippen molar-refractivity contribution in [3.05, 3.63) is 98.9 Å². The topological polar surface area (TPSA) is 75.7 Å². The molecule has 0 spiro atoms. The van der Waals surface area contributed by atoms with Crippen molar-refractivity contribution in [3.63, 3.8) is 0 Å². The van der Waals surface area contributed by atoms with Crippen LogP contribution in [0, 0.1) is 13.8 Å². The summed E-state index contributed by atoms with van der Waals surface area (Å²) < 4.78 is 5.57. The number of nitrogens with one attached hydrogen (secondary N) is 1. The molecule has 1 aliphatic rings. The monoisotopic (exact) mass is 506 g/mol. The second-order valence-corrected chi connectivity index (χ2v) is 9.53. The molecule has 178 valence electrons. The van der Waals surface area contributed by atoms with Gasteiger partial charge in [0.05, 0.1) is 11.4 Å². The van der Waals surface area contributed by atoms with Crippen LogP contribution in [0.4, 0.5) is 10.5 Å². The van der Waals surface area contributed by atoms with Gasteiger partial charge in [0.25, 0.3) is 17.1 Å². The van der Waals surface area contributed by atoms with Gasteiger partial charge >= 0.3 is 0 Å². The summed E-state index contributed by atoms with van der Waals surface area (Å²) in [6.45, 7) is 4.04. The molecule has 0 bridgehead atoms. The molecule has 8 heteroatoms. The van der Waals surface area contributed by atoms with E-state index in [-0.39, 0.29) is 30.2 Å². The lowest BCUT2D eigenvalue weighted by Crippen LogP contribution is -2.27. The smallest absolute Gasteiger partial charge is 0.293 e. The first kappa shape index (κ1) is 24.6. The number of halogens is 1. The van der Waals surface area contributed by atoms with Gasteiger partial charge in [0.1, 0.15) is 5.75 Å². The molecular formula is C27H23ClN2O4S. The van der Waals surface area contributed by atoms with Crippen LogP contribution in [0.3, 0.4) is 0 Å². The van der Waals surface area contributed by atoms with E-state index in [4.69, 9.17) is 16.3 Å². The zero-order valence-corrected chi connectivity index (χ0v) is 20.8. The molecule has 0 unspecified atom stereocenters. The second kappa shape index (κ2) is 10.8. The van der Waals surface area contributed by atoms with E-state index in [0.29, 0.717) is 15.7 Å². The van der Waals surface area contributed by atoms with Crippen molar-refractivity contribution in [2.24, 2.45) is 0 Å². The standard InChI is InChI=1S/C27H23ClN2O4S/c1-17-6-9-22(12-18(17)2)29-25(31)16-34-23-10-7-19(8-11-23)14-24-26(32)30(27(33)35-24)15-20-4-3-5-21(28)13-20/h3-14H,15-16H2,1-2H3,(H,29,31)/b24-14-. The number of hydrogen-bond donors (Lipinski definition) is 1. The van der Waals surface area contributed by atoms with Gasteiger partial charge in [-0.1, -0.05) is 41.9 Å². The number of ether oxygens (including phenoxy) is 1. The van der Waals surface area contributed by atoms with Crippen molar-refractivity contribution in [1.29, 1.82) is 0 Å². The Morgan fingerprint density at radius 1 is 1.03 bits per heavy atom. The minimum atomic E-state index is -0.344. The van der Waals surface area contributed by atoms with Crippen molar-refractivity contribution >= 4 is 52.2 Å². The van der Waals surface area contributed by atoms with Gasteiger partial charge < -0.3 is 10.1 Å². The van der Waals surface area contributed by atoms with Gasteiger partial charge in [-0.25, -0.2) is 0 Å². The third-order valence-electron chi connectivity index (χ3n) is 5.44. The molecule has 0 atom stereocenters. The van der Waals surface area contributed by atoms with E-state index in [1.54, 1.807) is 48.5 Å². The summed E-state index contributed by atoms with van der Waals surface area (Å²) in [6, 6.07) is 19.8. The molecule has 0 saturated carbocycles. The number of aryl methyl sites for hydroxylation is 2. The largest absolute Gasteiger partial charge is 0.484 e. The third kappa shape index (κ3) is 6.32. The highest BCUT2D eigenvalue weighted by Gasteiger charge is 2.35. The molecule has 1 saturated heterocycles. The average molecular weight is 507 g/mol. The van der Waals surface area contributed by atoms with Crippen molar-refractivity contribution < 1.29 is 19.1 Å². The van der Waals surface area contributed by atoms with Crippen LogP contribution in [0.15, 0.2) is 71.6 Å². The van der Waals surface area contributed by atoms with Gasteiger partial charge in [-0.2, -0.15) is 0 Å². The molecule has 0 aliphatic carbocycles. The SMILES string of the molecule is Cc1ccc(NC(=O)COc2ccc(/C=C3\SC(=O)N(Cc4cccc(Cl)c4)C3=O)cc2)cc1C. The first-order chi connectivity index (χ1) is 16.8. The van der Waals surface area contributed by atoms with E-state index in [1.807, 2.05) is 38.1 Å². The molecule has 1 aliphatic heterocycles. The van der Waals surface area contributed by atoms with E-state index < -0.39 is 0 Å². The second-order valence-electron chi connectivity index (χ2n) is 8.10. The predicted molar refractivity (Wildman–Crippen MR) is 139 cm³/mol. The van der Waals surface area contributed by atoms with Gasteiger partial charge in [0.2, 0.25) is 0 Å². The number of thioether (sulfide) groups is 1. The maximum atomic E-state index is 12.8. The lowest BCUT2D eigenvalue weighted by atomic mass is 10.1. The van der Waals surface area contributed by atoms with Gasteiger partial charge in [-0.3, -0.25) is 19.3 Å². The molecule has 1 N–H and O–H groups in total. The van der Waals surface area contributed by atoms with Crippen molar-refractivity contribution in [2.45, 2.75) is 20.4 Å². The fourth-order valence-corrected chi connectivity index (χ4v) is 4.48. The minimum Gasteiger partial charge on any atom is -0.484 e. The van der Waals surface area contributed by atoms with Crippen LogP contribution in [0.2, 0.25) is 5.02 Å². The molecule has 1 heterocycles. The van der Waals surface area contributed by atoms with Crippen LogP contribution in [0.25, 0.3) is 6.08 Å². The molecule has 3 aromatic rings. The maximum absolute atomic E-state index is 12.8. The molecule has 6 nitrogen and oxygen atoms in total. The lowest BCUT2D eigenvalue weighted by molar-refractivity contribution is -0.123. The summed E-state index contributed by atoms with van der Waals surface area (Å²) in [4.78, 5) is 38.9. The summed E-state index contributed by atoms with van der Waals surface area (Å²) in [5.41, 5.74) is 4.50. The van der Waals surface area contributed by atoms with Crippen molar-refractivity contribution in [2.75, 3.05) is 11.9 Å². The summed E-state index contributed by atoms with van der Waals surface area (Å²) in [5.74, 6) is -0.0829. The molecule has 1 fully saturated rings. The van der Waals surface area contributed by atoms with Gasteiger partial charge in [-0.15, -0.1) is 0 Å². The summed E-state index contributed by atoms with van der Waals surface area (Å²) >= 11 is 6.90. The fourth-order valence-electron chi connectivity index (χ4n) is 3.43. The highest BCUT2D eigenvalue weighted by atomic mass is 35.5. The van der Waals surface area contributed by atoms with Crippen LogP contribution in [-0.4, -0.2) is 28.6 Å². The lowest BCUT2D eigenvalue weighted by Gasteiger charge is -2.12. The number of nitrogens with zero attached hydrogens (tertiary/aromatic N) is 1. The normalized spacial score (nSPS) is 14.5. The molecular weight excluding hydrogens is 484 g/mol. The number of anilines is 1. The number of carbonyl (C=O) groups excluding carboxylic acids is 3. The molecule has 0 aromatic heterocycles. The van der Waals surface area contributed by atoms with E-state index >= 15 is 0 Å². The maximum Gasteiger partial charge on any atom is 0.293 e. The van der Waals surface area contributed by atoms with Crippen LogP contribution in [0.1, 0.15) is 22.3 Å². The zero-order chi connectivity index (χ0) is 24.9.